The Bertz CT molecular complexity index is 560. The standard InChI is InChI=1S/C17H23NO5/c19-10-12-7-8-18(14(9-12)11-20)16(21)6-5-13-3-1-2-4-15(13)17(22)23/h1-4,12,14,19-20H,5-11H2,(H,22,23)/t12-,14+/m1/s1. The number of carbonyl (C=O) groups is 2. The topological polar surface area (TPSA) is 98.1 Å². The molecule has 3 N–H and O–H groups in total. The Labute approximate surface area is 135 Å². The van der Waals surface area contributed by atoms with Gasteiger partial charge in [-0.15, -0.1) is 0 Å². The number of benzene rings is 1. The normalized spacial score (nSPS) is 21.2. The molecular formula is C17H23NO5. The second-order valence-corrected chi connectivity index (χ2v) is 5.96. The summed E-state index contributed by atoms with van der Waals surface area (Å²) in [6.07, 6.45) is 1.90. The lowest BCUT2D eigenvalue weighted by molar-refractivity contribution is -0.137. The first-order valence-electron chi connectivity index (χ1n) is 7.89. The third-order valence-electron chi connectivity index (χ3n) is 4.47. The van der Waals surface area contributed by atoms with Gasteiger partial charge in [-0.1, -0.05) is 18.2 Å². The minimum atomic E-state index is -0.995. The SMILES string of the molecule is O=C(O)c1ccccc1CCC(=O)N1CC[C@@H](CO)C[C@H]1CO. The van der Waals surface area contributed by atoms with Gasteiger partial charge in [0, 0.05) is 19.6 Å². The molecule has 0 aromatic heterocycles. The molecule has 0 aliphatic carbocycles. The fourth-order valence-corrected chi connectivity index (χ4v) is 3.13. The van der Waals surface area contributed by atoms with Crippen LogP contribution in [0.4, 0.5) is 0 Å². The maximum absolute atomic E-state index is 12.4. The molecule has 1 saturated heterocycles. The predicted molar refractivity (Wildman–Crippen MR) is 84.1 cm³/mol. The van der Waals surface area contributed by atoms with Gasteiger partial charge in [-0.25, -0.2) is 4.79 Å². The van der Waals surface area contributed by atoms with Gasteiger partial charge in [0.15, 0.2) is 0 Å². The molecule has 1 aromatic carbocycles. The Morgan fingerprint density at radius 3 is 2.57 bits per heavy atom. The van der Waals surface area contributed by atoms with Crippen molar-refractivity contribution in [2.24, 2.45) is 5.92 Å². The summed E-state index contributed by atoms with van der Waals surface area (Å²) in [5.74, 6) is -0.949. The number of carboxylic acid groups (broad SMARTS) is 1. The van der Waals surface area contributed by atoms with Gasteiger partial charge in [0.05, 0.1) is 18.2 Å². The highest BCUT2D eigenvalue weighted by molar-refractivity contribution is 5.89. The summed E-state index contributed by atoms with van der Waals surface area (Å²) in [6, 6.07) is 6.42. The van der Waals surface area contributed by atoms with Crippen molar-refractivity contribution in [3.63, 3.8) is 0 Å². The average Bonchev–Trinajstić information content (AvgIpc) is 2.59. The molecule has 1 heterocycles. The van der Waals surface area contributed by atoms with Gasteiger partial charge in [-0.3, -0.25) is 4.79 Å². The van der Waals surface area contributed by atoms with E-state index in [1.807, 2.05) is 0 Å². The lowest BCUT2D eigenvalue weighted by Gasteiger charge is -2.38. The van der Waals surface area contributed by atoms with Crippen molar-refractivity contribution in [1.82, 2.24) is 4.90 Å². The van der Waals surface area contributed by atoms with E-state index in [-0.39, 0.29) is 43.1 Å². The molecule has 0 radical (unpaired) electrons. The predicted octanol–water partition coefficient (Wildman–Crippen LogP) is 0.909. The van der Waals surface area contributed by atoms with Gasteiger partial charge >= 0.3 is 5.97 Å². The highest BCUT2D eigenvalue weighted by Crippen LogP contribution is 2.23. The molecule has 6 heteroatoms. The van der Waals surface area contributed by atoms with E-state index < -0.39 is 5.97 Å². The Balaban J connectivity index is 1.98. The maximum atomic E-state index is 12.4. The largest absolute Gasteiger partial charge is 0.478 e. The zero-order valence-corrected chi connectivity index (χ0v) is 13.0. The molecule has 1 fully saturated rings. The minimum Gasteiger partial charge on any atom is -0.478 e. The van der Waals surface area contributed by atoms with Crippen LogP contribution in [0, 0.1) is 5.92 Å². The second-order valence-electron chi connectivity index (χ2n) is 5.96. The molecule has 126 valence electrons. The molecular weight excluding hydrogens is 298 g/mol. The van der Waals surface area contributed by atoms with E-state index in [0.717, 1.165) is 6.42 Å². The molecule has 0 unspecified atom stereocenters. The van der Waals surface area contributed by atoms with Crippen molar-refractivity contribution in [2.75, 3.05) is 19.8 Å². The lowest BCUT2D eigenvalue weighted by Crippen LogP contribution is -2.48. The lowest BCUT2D eigenvalue weighted by atomic mass is 9.91. The van der Waals surface area contributed by atoms with E-state index in [9.17, 15) is 19.8 Å². The van der Waals surface area contributed by atoms with Gasteiger partial charge in [0.25, 0.3) is 0 Å². The van der Waals surface area contributed by atoms with Crippen molar-refractivity contribution < 1.29 is 24.9 Å². The third-order valence-corrected chi connectivity index (χ3v) is 4.47. The molecule has 1 amide bonds. The summed E-state index contributed by atoms with van der Waals surface area (Å²) < 4.78 is 0. The number of hydrogen-bond donors (Lipinski definition) is 3. The van der Waals surface area contributed by atoms with Gasteiger partial charge < -0.3 is 20.2 Å². The first-order valence-corrected chi connectivity index (χ1v) is 7.89. The first-order chi connectivity index (χ1) is 11.1. The summed E-state index contributed by atoms with van der Waals surface area (Å²) >= 11 is 0. The number of nitrogens with zero attached hydrogens (tertiary/aromatic N) is 1. The number of aliphatic hydroxyl groups excluding tert-OH is 2. The number of aryl methyl sites for hydroxylation is 1. The van der Waals surface area contributed by atoms with Crippen LogP contribution in [-0.2, 0) is 11.2 Å². The highest BCUT2D eigenvalue weighted by atomic mass is 16.4. The van der Waals surface area contributed by atoms with E-state index in [1.54, 1.807) is 23.1 Å². The van der Waals surface area contributed by atoms with E-state index in [4.69, 9.17) is 5.11 Å². The number of hydrogen-bond acceptors (Lipinski definition) is 4. The van der Waals surface area contributed by atoms with Crippen molar-refractivity contribution in [1.29, 1.82) is 0 Å². The van der Waals surface area contributed by atoms with E-state index in [0.29, 0.717) is 24.9 Å². The summed E-state index contributed by atoms with van der Waals surface area (Å²) in [6.45, 7) is 0.480. The molecule has 1 aliphatic heterocycles. The van der Waals surface area contributed by atoms with Crippen molar-refractivity contribution >= 4 is 11.9 Å². The minimum absolute atomic E-state index is 0.0739. The molecule has 23 heavy (non-hydrogen) atoms. The Kier molecular flexibility index (Phi) is 6.12. The molecule has 1 aliphatic rings. The number of aliphatic hydroxyl groups is 2. The smallest absolute Gasteiger partial charge is 0.335 e. The molecule has 0 spiro atoms. The third kappa shape index (κ3) is 4.30. The number of carboxylic acids is 1. The number of aromatic carboxylic acids is 1. The van der Waals surface area contributed by atoms with Gasteiger partial charge in [0.2, 0.25) is 5.91 Å². The highest BCUT2D eigenvalue weighted by Gasteiger charge is 2.30. The van der Waals surface area contributed by atoms with Crippen LogP contribution >= 0.6 is 0 Å². The molecule has 2 rings (SSSR count). The average molecular weight is 321 g/mol. The Morgan fingerprint density at radius 1 is 1.17 bits per heavy atom. The van der Waals surface area contributed by atoms with Gasteiger partial charge in [-0.05, 0) is 36.8 Å². The molecule has 1 aromatic rings. The molecule has 6 nitrogen and oxygen atoms in total. The monoisotopic (exact) mass is 321 g/mol. The van der Waals surface area contributed by atoms with Gasteiger partial charge in [-0.2, -0.15) is 0 Å². The van der Waals surface area contributed by atoms with Crippen LogP contribution in [0.15, 0.2) is 24.3 Å². The van der Waals surface area contributed by atoms with Crippen LogP contribution in [0.25, 0.3) is 0 Å². The van der Waals surface area contributed by atoms with Crippen molar-refractivity contribution in [2.45, 2.75) is 31.7 Å². The number of amides is 1. The number of rotatable bonds is 6. The van der Waals surface area contributed by atoms with E-state index in [1.165, 1.54) is 6.07 Å². The van der Waals surface area contributed by atoms with Crippen LogP contribution in [0.2, 0.25) is 0 Å². The zero-order chi connectivity index (χ0) is 16.8. The van der Waals surface area contributed by atoms with E-state index >= 15 is 0 Å². The van der Waals surface area contributed by atoms with Gasteiger partial charge in [0.1, 0.15) is 0 Å². The van der Waals surface area contributed by atoms with Crippen LogP contribution in [0.1, 0.15) is 35.2 Å². The Morgan fingerprint density at radius 2 is 1.91 bits per heavy atom. The van der Waals surface area contributed by atoms with Crippen molar-refractivity contribution in [3.05, 3.63) is 35.4 Å². The number of piperidine rings is 1. The van der Waals surface area contributed by atoms with Crippen LogP contribution in [0.5, 0.6) is 0 Å². The number of carbonyl (C=O) groups excluding carboxylic acids is 1. The fourth-order valence-electron chi connectivity index (χ4n) is 3.13. The fraction of sp³-hybridized carbons (Fsp3) is 0.529. The molecule has 2 atom stereocenters. The maximum Gasteiger partial charge on any atom is 0.335 e. The molecule has 0 saturated carbocycles. The second kappa shape index (κ2) is 8.08. The number of likely N-dealkylation sites (tertiary alicyclic amines) is 1. The summed E-state index contributed by atoms with van der Waals surface area (Å²) in [4.78, 5) is 25.3. The summed E-state index contributed by atoms with van der Waals surface area (Å²) in [5.41, 5.74) is 0.858. The Hall–Kier alpha value is -1.92. The zero-order valence-electron chi connectivity index (χ0n) is 13.0. The first kappa shape index (κ1) is 17.4. The quantitative estimate of drug-likeness (QED) is 0.723. The van der Waals surface area contributed by atoms with Crippen LogP contribution in [0.3, 0.4) is 0 Å². The molecule has 0 bridgehead atoms. The van der Waals surface area contributed by atoms with Crippen molar-refractivity contribution in [3.8, 4) is 0 Å². The summed E-state index contributed by atoms with van der Waals surface area (Å²) in [5, 5.41) is 27.9. The summed E-state index contributed by atoms with van der Waals surface area (Å²) in [7, 11) is 0. The van der Waals surface area contributed by atoms with Crippen LogP contribution < -0.4 is 0 Å². The van der Waals surface area contributed by atoms with Crippen LogP contribution in [-0.4, -0.2) is 57.9 Å². The van der Waals surface area contributed by atoms with E-state index in [2.05, 4.69) is 0 Å².